The first-order valence-electron chi connectivity index (χ1n) is 4.29. The molecule has 0 aromatic rings. The van der Waals surface area contributed by atoms with Gasteiger partial charge in [0.15, 0.2) is 0 Å². The molecule has 1 amide bonds. The summed E-state index contributed by atoms with van der Waals surface area (Å²) in [7, 11) is 0. The number of nitrogens with two attached hydrogens (primary N) is 1. The maximum atomic E-state index is 10.7. The number of carbonyl (C=O) groups excluding carboxylic acids is 1. The number of hydrogen-bond acceptors (Lipinski definition) is 3. The first-order chi connectivity index (χ1) is 5.59. The van der Waals surface area contributed by atoms with Crippen molar-refractivity contribution in [2.75, 3.05) is 19.6 Å². The Labute approximate surface area is 72.3 Å². The highest BCUT2D eigenvalue weighted by Gasteiger charge is 2.22. The van der Waals surface area contributed by atoms with Crippen LogP contribution in [0.25, 0.3) is 0 Å². The van der Waals surface area contributed by atoms with E-state index in [1.165, 1.54) is 0 Å². The van der Waals surface area contributed by atoms with Crippen LogP contribution >= 0.6 is 0 Å². The minimum atomic E-state index is -0.267. The summed E-state index contributed by atoms with van der Waals surface area (Å²) in [4.78, 5) is 12.8. The van der Waals surface area contributed by atoms with E-state index >= 15 is 0 Å². The van der Waals surface area contributed by atoms with Crippen molar-refractivity contribution in [3.05, 3.63) is 0 Å². The van der Waals surface area contributed by atoms with Crippen LogP contribution < -0.4 is 5.73 Å². The predicted molar refractivity (Wildman–Crippen MR) is 45.4 cm³/mol. The average molecular weight is 172 g/mol. The smallest absolute Gasteiger partial charge is 0.221 e. The summed E-state index contributed by atoms with van der Waals surface area (Å²) >= 11 is 0. The van der Waals surface area contributed by atoms with Crippen molar-refractivity contribution in [1.29, 1.82) is 0 Å². The summed E-state index contributed by atoms with van der Waals surface area (Å²) in [5, 5.41) is 9.19. The van der Waals surface area contributed by atoms with Crippen LogP contribution in [0.2, 0.25) is 0 Å². The van der Waals surface area contributed by atoms with Crippen LogP contribution in [-0.2, 0) is 4.79 Å². The molecule has 3 N–H and O–H groups in total. The second-order valence-electron chi connectivity index (χ2n) is 3.51. The van der Waals surface area contributed by atoms with Gasteiger partial charge in [0, 0.05) is 25.6 Å². The van der Waals surface area contributed by atoms with Crippen LogP contribution in [0.1, 0.15) is 13.3 Å². The van der Waals surface area contributed by atoms with E-state index in [1.54, 1.807) is 0 Å². The summed E-state index contributed by atoms with van der Waals surface area (Å²) in [6, 6.07) is 0. The number of amides is 1. The molecule has 4 nitrogen and oxygen atoms in total. The Morgan fingerprint density at radius 2 is 2.50 bits per heavy atom. The lowest BCUT2D eigenvalue weighted by atomic mass is 10.1. The summed E-state index contributed by atoms with van der Waals surface area (Å²) in [5.74, 6) is -0.383. The van der Waals surface area contributed by atoms with E-state index in [4.69, 9.17) is 5.73 Å². The molecule has 12 heavy (non-hydrogen) atoms. The van der Waals surface area contributed by atoms with Gasteiger partial charge >= 0.3 is 0 Å². The molecule has 0 saturated carbocycles. The first kappa shape index (κ1) is 9.48. The number of aliphatic hydroxyl groups excluding tert-OH is 1. The number of rotatable bonds is 3. The number of nitrogens with zero attached hydrogens (tertiary/aromatic N) is 1. The molecule has 0 bridgehead atoms. The monoisotopic (exact) mass is 172 g/mol. The molecule has 0 spiro atoms. The van der Waals surface area contributed by atoms with Crippen LogP contribution in [0.3, 0.4) is 0 Å². The Hall–Kier alpha value is -0.610. The molecule has 1 saturated heterocycles. The lowest BCUT2D eigenvalue weighted by Crippen LogP contribution is -2.33. The van der Waals surface area contributed by atoms with Crippen molar-refractivity contribution < 1.29 is 9.90 Å². The third kappa shape index (κ3) is 2.46. The van der Waals surface area contributed by atoms with Gasteiger partial charge in [0.25, 0.3) is 0 Å². The van der Waals surface area contributed by atoms with E-state index in [0.29, 0.717) is 13.1 Å². The fraction of sp³-hybridized carbons (Fsp3) is 0.875. The van der Waals surface area contributed by atoms with Gasteiger partial charge in [0.1, 0.15) is 0 Å². The normalized spacial score (nSPS) is 27.3. The molecule has 4 heteroatoms. The van der Waals surface area contributed by atoms with Crippen LogP contribution in [0.4, 0.5) is 0 Å². The predicted octanol–water partition coefficient (Wildman–Crippen LogP) is -0.826. The Bertz CT molecular complexity index is 172. The summed E-state index contributed by atoms with van der Waals surface area (Å²) < 4.78 is 0. The fourth-order valence-corrected chi connectivity index (χ4v) is 1.46. The van der Waals surface area contributed by atoms with Gasteiger partial charge < -0.3 is 10.8 Å². The quantitative estimate of drug-likeness (QED) is 0.584. The van der Waals surface area contributed by atoms with Gasteiger partial charge in [-0.05, 0) is 6.42 Å². The molecule has 0 aromatic heterocycles. The van der Waals surface area contributed by atoms with Gasteiger partial charge in [-0.25, -0.2) is 0 Å². The van der Waals surface area contributed by atoms with Gasteiger partial charge in [0.2, 0.25) is 5.91 Å². The summed E-state index contributed by atoms with van der Waals surface area (Å²) in [6.07, 6.45) is 0.593. The zero-order chi connectivity index (χ0) is 9.14. The topological polar surface area (TPSA) is 66.6 Å². The van der Waals surface area contributed by atoms with Gasteiger partial charge in [-0.1, -0.05) is 6.92 Å². The number of hydrogen-bond donors (Lipinski definition) is 2. The zero-order valence-electron chi connectivity index (χ0n) is 7.36. The highest BCUT2D eigenvalue weighted by molar-refractivity contribution is 5.76. The Kier molecular flexibility index (Phi) is 3.05. The molecule has 2 atom stereocenters. The molecule has 0 radical (unpaired) electrons. The molecule has 1 heterocycles. The third-order valence-electron chi connectivity index (χ3n) is 2.27. The van der Waals surface area contributed by atoms with Crippen LogP contribution in [-0.4, -0.2) is 41.7 Å². The standard InChI is InChI=1S/C8H16N2O2/c1-6(8(9)12)4-10-3-2-7(11)5-10/h6-7,11H,2-5H2,1H3,(H2,9,12)/t6?,7-/m0/s1. The Morgan fingerprint density at radius 3 is 2.92 bits per heavy atom. The van der Waals surface area contributed by atoms with Gasteiger partial charge in [0.05, 0.1) is 6.10 Å². The highest BCUT2D eigenvalue weighted by Crippen LogP contribution is 2.10. The van der Waals surface area contributed by atoms with E-state index in [2.05, 4.69) is 4.90 Å². The molecule has 1 unspecified atom stereocenters. The highest BCUT2D eigenvalue weighted by atomic mass is 16.3. The molecule has 1 aliphatic rings. The SMILES string of the molecule is CC(CN1CC[C@H](O)C1)C(N)=O. The molecule has 0 aromatic carbocycles. The van der Waals surface area contributed by atoms with E-state index in [0.717, 1.165) is 13.0 Å². The summed E-state index contributed by atoms with van der Waals surface area (Å²) in [6.45, 7) is 4.04. The van der Waals surface area contributed by atoms with Crippen molar-refractivity contribution in [2.24, 2.45) is 11.7 Å². The van der Waals surface area contributed by atoms with Crippen LogP contribution in [0.15, 0.2) is 0 Å². The van der Waals surface area contributed by atoms with E-state index in [9.17, 15) is 9.90 Å². The number of β-amino-alcohol motifs (C(OH)–C–C–N with tert-alkyl or cyclic N) is 1. The number of aliphatic hydroxyl groups is 1. The molecule has 70 valence electrons. The maximum Gasteiger partial charge on any atom is 0.221 e. The molecule has 1 aliphatic heterocycles. The van der Waals surface area contributed by atoms with E-state index < -0.39 is 0 Å². The van der Waals surface area contributed by atoms with Crippen molar-refractivity contribution in [2.45, 2.75) is 19.4 Å². The molecular formula is C8H16N2O2. The molecule has 1 fully saturated rings. The maximum absolute atomic E-state index is 10.7. The van der Waals surface area contributed by atoms with Crippen molar-refractivity contribution in [1.82, 2.24) is 4.90 Å². The van der Waals surface area contributed by atoms with E-state index in [1.807, 2.05) is 6.92 Å². The van der Waals surface area contributed by atoms with Crippen molar-refractivity contribution >= 4 is 5.91 Å². The van der Waals surface area contributed by atoms with Crippen molar-refractivity contribution in [3.63, 3.8) is 0 Å². The molecular weight excluding hydrogens is 156 g/mol. The zero-order valence-corrected chi connectivity index (χ0v) is 7.36. The van der Waals surface area contributed by atoms with E-state index in [-0.39, 0.29) is 17.9 Å². The average Bonchev–Trinajstić information content (AvgIpc) is 2.35. The van der Waals surface area contributed by atoms with Crippen molar-refractivity contribution in [3.8, 4) is 0 Å². The second kappa shape index (κ2) is 3.87. The molecule has 0 aliphatic carbocycles. The number of likely N-dealkylation sites (tertiary alicyclic amines) is 1. The number of carbonyl (C=O) groups is 1. The van der Waals surface area contributed by atoms with Gasteiger partial charge in [-0.3, -0.25) is 9.69 Å². The summed E-state index contributed by atoms with van der Waals surface area (Å²) in [5.41, 5.74) is 5.12. The fourth-order valence-electron chi connectivity index (χ4n) is 1.46. The second-order valence-corrected chi connectivity index (χ2v) is 3.51. The van der Waals surface area contributed by atoms with Crippen LogP contribution in [0.5, 0.6) is 0 Å². The molecule has 1 rings (SSSR count). The first-order valence-corrected chi connectivity index (χ1v) is 4.29. The van der Waals surface area contributed by atoms with Crippen LogP contribution in [0, 0.1) is 5.92 Å². The third-order valence-corrected chi connectivity index (χ3v) is 2.27. The van der Waals surface area contributed by atoms with Gasteiger partial charge in [-0.2, -0.15) is 0 Å². The Balaban J connectivity index is 2.27. The lowest BCUT2D eigenvalue weighted by molar-refractivity contribution is -0.121. The Morgan fingerprint density at radius 1 is 1.83 bits per heavy atom. The minimum Gasteiger partial charge on any atom is -0.392 e. The lowest BCUT2D eigenvalue weighted by Gasteiger charge is -2.17. The minimum absolute atomic E-state index is 0.115. The largest absolute Gasteiger partial charge is 0.392 e. The number of primary amides is 1. The van der Waals surface area contributed by atoms with Gasteiger partial charge in [-0.15, -0.1) is 0 Å².